The van der Waals surface area contributed by atoms with Gasteiger partial charge >= 0.3 is 0 Å². The third-order valence-electron chi connectivity index (χ3n) is 2.60. The second kappa shape index (κ2) is 4.09. The summed E-state index contributed by atoms with van der Waals surface area (Å²) in [5.74, 6) is 0.524. The van der Waals surface area contributed by atoms with Crippen molar-refractivity contribution in [3.63, 3.8) is 0 Å². The number of nitrogens with one attached hydrogen (secondary N) is 1. The van der Waals surface area contributed by atoms with Gasteiger partial charge in [0, 0.05) is 5.56 Å². The molecule has 0 atom stereocenters. The van der Waals surface area contributed by atoms with Gasteiger partial charge in [0.05, 0.1) is 17.1 Å². The third-order valence-corrected chi connectivity index (χ3v) is 3.50. The van der Waals surface area contributed by atoms with Crippen LogP contribution in [0.25, 0.3) is 21.6 Å². The molecule has 0 amide bonds. The SMILES string of the molecule is N#Cc1ccc(-c2nc3ccsc3c(=O)[nH]2)cc1. The summed E-state index contributed by atoms with van der Waals surface area (Å²) in [6.07, 6.45) is 0. The van der Waals surface area contributed by atoms with E-state index in [4.69, 9.17) is 5.26 Å². The van der Waals surface area contributed by atoms with Crippen LogP contribution >= 0.6 is 11.3 Å². The van der Waals surface area contributed by atoms with Crippen LogP contribution in [0.1, 0.15) is 5.56 Å². The summed E-state index contributed by atoms with van der Waals surface area (Å²) in [6, 6.07) is 10.8. The summed E-state index contributed by atoms with van der Waals surface area (Å²) in [6.45, 7) is 0. The largest absolute Gasteiger partial charge is 0.305 e. The van der Waals surface area contributed by atoms with E-state index < -0.39 is 0 Å². The average Bonchev–Trinajstić information content (AvgIpc) is 2.88. The standard InChI is InChI=1S/C13H7N3OS/c14-7-8-1-3-9(4-2-8)12-15-10-5-6-18-11(10)13(17)16-12/h1-6H,(H,15,16,17). The van der Waals surface area contributed by atoms with E-state index in [1.165, 1.54) is 11.3 Å². The molecule has 0 unspecified atom stereocenters. The fraction of sp³-hybridized carbons (Fsp3) is 0. The molecular weight excluding hydrogens is 246 g/mol. The molecule has 86 valence electrons. The van der Waals surface area contributed by atoms with E-state index >= 15 is 0 Å². The van der Waals surface area contributed by atoms with Crippen molar-refractivity contribution in [1.82, 2.24) is 9.97 Å². The van der Waals surface area contributed by atoms with Crippen LogP contribution in [0.4, 0.5) is 0 Å². The number of hydrogen-bond donors (Lipinski definition) is 1. The number of benzene rings is 1. The Labute approximate surface area is 106 Å². The second-order valence-electron chi connectivity index (χ2n) is 3.74. The van der Waals surface area contributed by atoms with Gasteiger partial charge in [-0.25, -0.2) is 4.98 Å². The van der Waals surface area contributed by atoms with Crippen LogP contribution in [0.5, 0.6) is 0 Å². The molecule has 5 heteroatoms. The number of aromatic nitrogens is 2. The van der Waals surface area contributed by atoms with Gasteiger partial charge in [-0.1, -0.05) is 0 Å². The topological polar surface area (TPSA) is 69.5 Å². The van der Waals surface area contributed by atoms with E-state index in [0.29, 0.717) is 21.6 Å². The van der Waals surface area contributed by atoms with E-state index in [9.17, 15) is 4.79 Å². The summed E-state index contributed by atoms with van der Waals surface area (Å²) in [7, 11) is 0. The quantitative estimate of drug-likeness (QED) is 0.724. The predicted molar refractivity (Wildman–Crippen MR) is 70.4 cm³/mol. The fourth-order valence-electron chi connectivity index (χ4n) is 1.71. The Morgan fingerprint density at radius 1 is 1.22 bits per heavy atom. The summed E-state index contributed by atoms with van der Waals surface area (Å²) in [5.41, 5.74) is 1.94. The third kappa shape index (κ3) is 1.69. The Morgan fingerprint density at radius 2 is 2.00 bits per heavy atom. The number of nitrogens with zero attached hydrogens (tertiary/aromatic N) is 2. The van der Waals surface area contributed by atoms with Crippen molar-refractivity contribution in [3.05, 3.63) is 51.6 Å². The van der Waals surface area contributed by atoms with Gasteiger partial charge in [0.1, 0.15) is 10.5 Å². The zero-order valence-corrected chi connectivity index (χ0v) is 9.99. The minimum atomic E-state index is -0.130. The molecule has 0 saturated heterocycles. The molecule has 0 aliphatic rings. The number of H-pyrrole nitrogens is 1. The first-order valence-corrected chi connectivity index (χ1v) is 6.14. The van der Waals surface area contributed by atoms with E-state index in [0.717, 1.165) is 5.56 Å². The van der Waals surface area contributed by atoms with E-state index in [1.807, 2.05) is 11.4 Å². The monoisotopic (exact) mass is 253 g/mol. The maximum atomic E-state index is 11.8. The molecule has 3 rings (SSSR count). The Morgan fingerprint density at radius 3 is 2.72 bits per heavy atom. The van der Waals surface area contributed by atoms with Crippen molar-refractivity contribution in [2.24, 2.45) is 0 Å². The molecule has 0 spiro atoms. The number of thiophene rings is 1. The Hall–Kier alpha value is -2.45. The van der Waals surface area contributed by atoms with Gasteiger partial charge in [-0.2, -0.15) is 5.26 Å². The van der Waals surface area contributed by atoms with Crippen molar-refractivity contribution in [1.29, 1.82) is 5.26 Å². The van der Waals surface area contributed by atoms with Crippen LogP contribution in [0.15, 0.2) is 40.5 Å². The maximum absolute atomic E-state index is 11.8. The minimum Gasteiger partial charge on any atom is -0.305 e. The lowest BCUT2D eigenvalue weighted by molar-refractivity contribution is 1.19. The van der Waals surface area contributed by atoms with Gasteiger partial charge < -0.3 is 4.98 Å². The molecule has 0 aliphatic carbocycles. The summed E-state index contributed by atoms with van der Waals surface area (Å²) < 4.78 is 0.632. The van der Waals surface area contributed by atoms with E-state index in [2.05, 4.69) is 16.0 Å². The molecule has 0 radical (unpaired) electrons. The Kier molecular flexibility index (Phi) is 2.43. The van der Waals surface area contributed by atoms with E-state index in [1.54, 1.807) is 24.3 Å². The highest BCUT2D eigenvalue weighted by Crippen LogP contribution is 2.19. The molecule has 0 saturated carbocycles. The normalized spacial score (nSPS) is 10.4. The first kappa shape index (κ1) is 10.7. The lowest BCUT2D eigenvalue weighted by Crippen LogP contribution is -2.07. The van der Waals surface area contributed by atoms with Crippen LogP contribution < -0.4 is 5.56 Å². The maximum Gasteiger partial charge on any atom is 0.269 e. The second-order valence-corrected chi connectivity index (χ2v) is 4.65. The smallest absolute Gasteiger partial charge is 0.269 e. The number of fused-ring (bicyclic) bond motifs is 1. The van der Waals surface area contributed by atoms with Gasteiger partial charge in [0.2, 0.25) is 0 Å². The van der Waals surface area contributed by atoms with Gasteiger partial charge in [-0.15, -0.1) is 11.3 Å². The van der Waals surface area contributed by atoms with Crippen molar-refractivity contribution >= 4 is 21.6 Å². The van der Waals surface area contributed by atoms with Gasteiger partial charge in [0.25, 0.3) is 5.56 Å². The molecule has 3 aromatic rings. The van der Waals surface area contributed by atoms with Gasteiger partial charge in [0.15, 0.2) is 0 Å². The highest BCUT2D eigenvalue weighted by Gasteiger charge is 2.06. The lowest BCUT2D eigenvalue weighted by Gasteiger charge is -2.00. The molecule has 0 fully saturated rings. The highest BCUT2D eigenvalue weighted by molar-refractivity contribution is 7.17. The van der Waals surface area contributed by atoms with Gasteiger partial charge in [-0.3, -0.25) is 4.79 Å². The zero-order valence-electron chi connectivity index (χ0n) is 9.18. The molecular formula is C13H7N3OS. The van der Waals surface area contributed by atoms with Crippen molar-refractivity contribution in [3.8, 4) is 17.5 Å². The first-order valence-electron chi connectivity index (χ1n) is 5.26. The summed E-state index contributed by atoms with van der Waals surface area (Å²) in [4.78, 5) is 19.0. The van der Waals surface area contributed by atoms with Crippen LogP contribution in [-0.4, -0.2) is 9.97 Å². The molecule has 18 heavy (non-hydrogen) atoms. The van der Waals surface area contributed by atoms with Crippen LogP contribution in [0.2, 0.25) is 0 Å². The van der Waals surface area contributed by atoms with Crippen LogP contribution in [-0.2, 0) is 0 Å². The molecule has 1 N–H and O–H groups in total. The molecule has 0 bridgehead atoms. The molecule has 2 aromatic heterocycles. The van der Waals surface area contributed by atoms with Crippen LogP contribution in [0, 0.1) is 11.3 Å². The number of rotatable bonds is 1. The van der Waals surface area contributed by atoms with Crippen molar-refractivity contribution < 1.29 is 0 Å². The van der Waals surface area contributed by atoms with E-state index in [-0.39, 0.29) is 5.56 Å². The Bertz CT molecular complexity index is 809. The highest BCUT2D eigenvalue weighted by atomic mass is 32.1. The molecule has 4 nitrogen and oxygen atoms in total. The number of hydrogen-bond acceptors (Lipinski definition) is 4. The minimum absolute atomic E-state index is 0.130. The Balaban J connectivity index is 2.19. The summed E-state index contributed by atoms with van der Waals surface area (Å²) in [5, 5.41) is 10.6. The lowest BCUT2D eigenvalue weighted by atomic mass is 10.1. The number of nitriles is 1. The van der Waals surface area contributed by atoms with Gasteiger partial charge in [-0.05, 0) is 35.7 Å². The molecule has 2 heterocycles. The number of aromatic amines is 1. The zero-order chi connectivity index (χ0) is 12.5. The van der Waals surface area contributed by atoms with Crippen molar-refractivity contribution in [2.75, 3.05) is 0 Å². The van der Waals surface area contributed by atoms with Crippen molar-refractivity contribution in [2.45, 2.75) is 0 Å². The fourth-order valence-corrected chi connectivity index (χ4v) is 2.44. The average molecular weight is 253 g/mol. The molecule has 0 aliphatic heterocycles. The van der Waals surface area contributed by atoms with Crippen LogP contribution in [0.3, 0.4) is 0 Å². The summed E-state index contributed by atoms with van der Waals surface area (Å²) >= 11 is 1.37. The first-order chi connectivity index (χ1) is 8.78. The molecule has 1 aromatic carbocycles. The predicted octanol–water partition coefficient (Wildman–Crippen LogP) is 2.52.